The highest BCUT2D eigenvalue weighted by atomic mass is 35.5. The topological polar surface area (TPSA) is 77.4 Å². The summed E-state index contributed by atoms with van der Waals surface area (Å²) in [7, 11) is 0. The number of anilines is 1. The van der Waals surface area contributed by atoms with Crippen LogP contribution in [0.4, 0.5) is 10.2 Å². The molecule has 2 aromatic heterocycles. The van der Waals surface area contributed by atoms with Crippen molar-refractivity contribution >= 4 is 28.3 Å². The summed E-state index contributed by atoms with van der Waals surface area (Å²) in [6.45, 7) is 3.87. The van der Waals surface area contributed by atoms with Crippen LogP contribution in [-0.2, 0) is 0 Å². The molecule has 1 saturated carbocycles. The number of fused-ring (bicyclic) bond motifs is 5. The molecule has 2 atom stereocenters. The van der Waals surface area contributed by atoms with E-state index in [4.69, 9.17) is 21.6 Å². The van der Waals surface area contributed by atoms with E-state index >= 15 is 4.39 Å². The lowest BCUT2D eigenvalue weighted by Gasteiger charge is -2.46. The molecule has 7 nitrogen and oxygen atoms in total. The molecule has 1 aliphatic carbocycles. The predicted octanol–water partition coefficient (Wildman–Crippen LogP) is 4.99. The maximum absolute atomic E-state index is 16.6. The highest BCUT2D eigenvalue weighted by Gasteiger charge is 2.43. The monoisotopic (exact) mass is 558 g/mol. The largest absolute Gasteiger partial charge is 0.508 e. The number of aromatic nitrogens is 3. The molecule has 0 amide bonds. The van der Waals surface area contributed by atoms with Gasteiger partial charge in [-0.1, -0.05) is 17.5 Å². The van der Waals surface area contributed by atoms with Gasteiger partial charge < -0.3 is 15.3 Å². The number of benzene rings is 1. The zero-order valence-corrected chi connectivity index (χ0v) is 23.1. The number of hydrogen-bond donors (Lipinski definition) is 2. The van der Waals surface area contributed by atoms with Crippen molar-refractivity contribution in [2.24, 2.45) is 0 Å². The highest BCUT2D eigenvalue weighted by Crippen LogP contribution is 2.49. The zero-order chi connectivity index (χ0) is 27.0. The fourth-order valence-electron chi connectivity index (χ4n) is 7.54. The number of pyridine rings is 1. The van der Waals surface area contributed by atoms with Gasteiger partial charge in [-0.2, -0.15) is 0 Å². The molecule has 5 aliphatic heterocycles. The van der Waals surface area contributed by atoms with Crippen LogP contribution in [0, 0.1) is 17.7 Å². The van der Waals surface area contributed by atoms with Crippen molar-refractivity contribution in [2.75, 3.05) is 31.1 Å². The maximum atomic E-state index is 16.6. The average molecular weight is 559 g/mol. The van der Waals surface area contributed by atoms with Crippen LogP contribution < -0.4 is 10.2 Å². The van der Waals surface area contributed by atoms with Crippen molar-refractivity contribution in [3.63, 3.8) is 0 Å². The van der Waals surface area contributed by atoms with Gasteiger partial charge >= 0.3 is 0 Å². The lowest BCUT2D eigenvalue weighted by Crippen LogP contribution is -2.61. The lowest BCUT2D eigenvalue weighted by atomic mass is 9.92. The first-order valence-corrected chi connectivity index (χ1v) is 15.0. The second kappa shape index (κ2) is 9.27. The number of phenolic OH excluding ortho intramolecular Hbond substituents is 1. The molecule has 6 aliphatic rings. The molecule has 5 saturated heterocycles. The van der Waals surface area contributed by atoms with E-state index in [0.717, 1.165) is 83.1 Å². The van der Waals surface area contributed by atoms with E-state index in [0.29, 0.717) is 33.7 Å². The average Bonchev–Trinajstić information content (AvgIpc) is 3.59. The van der Waals surface area contributed by atoms with E-state index in [9.17, 15) is 5.11 Å². The summed E-state index contributed by atoms with van der Waals surface area (Å²) in [6.07, 6.45) is 10.3. The number of piperazine rings is 1. The Morgan fingerprint density at radius 3 is 2.62 bits per heavy atom. The number of rotatable bonds is 3. The van der Waals surface area contributed by atoms with Crippen LogP contribution in [0.5, 0.6) is 5.75 Å². The van der Waals surface area contributed by atoms with Crippen molar-refractivity contribution < 1.29 is 9.50 Å². The van der Waals surface area contributed by atoms with E-state index in [1.54, 1.807) is 12.3 Å². The molecule has 2 bridgehead atoms. The van der Waals surface area contributed by atoms with Gasteiger partial charge in [-0.05, 0) is 94.0 Å². The van der Waals surface area contributed by atoms with Crippen LogP contribution in [0.15, 0.2) is 18.3 Å². The highest BCUT2D eigenvalue weighted by molar-refractivity contribution is 6.32. The van der Waals surface area contributed by atoms with Gasteiger partial charge in [0.25, 0.3) is 0 Å². The fourth-order valence-corrected chi connectivity index (χ4v) is 7.91. The van der Waals surface area contributed by atoms with E-state index in [2.05, 4.69) is 31.9 Å². The molecular formula is C31H32ClFN6O. The Bertz CT molecular complexity index is 1580. The van der Waals surface area contributed by atoms with Gasteiger partial charge in [-0.3, -0.25) is 9.88 Å². The van der Waals surface area contributed by atoms with Crippen LogP contribution in [-0.4, -0.2) is 68.8 Å². The molecule has 40 heavy (non-hydrogen) atoms. The van der Waals surface area contributed by atoms with Crippen LogP contribution in [0.3, 0.4) is 0 Å². The van der Waals surface area contributed by atoms with Gasteiger partial charge in [0.05, 0.1) is 10.9 Å². The van der Waals surface area contributed by atoms with Gasteiger partial charge in [0.15, 0.2) is 5.82 Å². The zero-order valence-electron chi connectivity index (χ0n) is 22.4. The first-order chi connectivity index (χ1) is 19.5. The molecule has 2 N–H and O–H groups in total. The minimum atomic E-state index is -0.519. The molecule has 1 aromatic carbocycles. The molecule has 0 spiro atoms. The van der Waals surface area contributed by atoms with Crippen molar-refractivity contribution in [2.45, 2.75) is 74.9 Å². The van der Waals surface area contributed by atoms with Crippen molar-refractivity contribution in [1.29, 1.82) is 0 Å². The summed E-state index contributed by atoms with van der Waals surface area (Å²) >= 11 is 6.55. The Kier molecular flexibility index (Phi) is 5.74. The quantitative estimate of drug-likeness (QED) is 0.439. The standard InChI is InChI=1S/C31H32ClFN6O/c32-24-14-21(40)13-22(26(24)18-3-4-18)28-27(33)29-23(16-35-28)30(39-17-19-5-6-20(39)15-34-19)37-25(36-29)7-10-31-8-1-11-38(31)12-2-9-31/h13-14,16,18-20,34,40H,1-6,8-9,11-12,15,17H2/t19-,20-/m1/s1. The molecular weight excluding hydrogens is 527 g/mol. The number of nitrogens with one attached hydrogen (secondary N) is 1. The summed E-state index contributed by atoms with van der Waals surface area (Å²) in [5, 5.41) is 15.0. The molecule has 7 heterocycles. The van der Waals surface area contributed by atoms with Gasteiger partial charge in [-0.25, -0.2) is 14.4 Å². The lowest BCUT2D eigenvalue weighted by molar-refractivity contribution is 0.261. The minimum Gasteiger partial charge on any atom is -0.508 e. The second-order valence-corrected chi connectivity index (χ2v) is 12.6. The van der Waals surface area contributed by atoms with Gasteiger partial charge in [0, 0.05) is 42.0 Å². The first kappa shape index (κ1) is 24.8. The summed E-state index contributed by atoms with van der Waals surface area (Å²) in [6, 6.07) is 3.78. The summed E-state index contributed by atoms with van der Waals surface area (Å²) in [5.74, 6) is 7.65. The molecule has 0 unspecified atom stereocenters. The third-order valence-electron chi connectivity index (χ3n) is 9.69. The maximum Gasteiger partial charge on any atom is 0.207 e. The normalized spacial score (nSPS) is 25.3. The molecule has 6 fully saturated rings. The van der Waals surface area contributed by atoms with Crippen LogP contribution >= 0.6 is 11.6 Å². The summed E-state index contributed by atoms with van der Waals surface area (Å²) < 4.78 is 16.6. The van der Waals surface area contributed by atoms with E-state index in [1.807, 2.05) is 0 Å². The van der Waals surface area contributed by atoms with Gasteiger partial charge in [0.1, 0.15) is 22.8 Å². The molecule has 9 rings (SSSR count). The minimum absolute atomic E-state index is 0.00518. The predicted molar refractivity (Wildman–Crippen MR) is 153 cm³/mol. The van der Waals surface area contributed by atoms with Crippen LogP contribution in [0.1, 0.15) is 68.7 Å². The van der Waals surface area contributed by atoms with Crippen molar-refractivity contribution in [1.82, 2.24) is 25.2 Å². The Labute approximate surface area is 238 Å². The van der Waals surface area contributed by atoms with Crippen molar-refractivity contribution in [3.8, 4) is 28.8 Å². The first-order valence-electron chi connectivity index (χ1n) is 14.7. The fraction of sp³-hybridized carbons (Fsp3) is 0.516. The smallest absolute Gasteiger partial charge is 0.207 e. The van der Waals surface area contributed by atoms with E-state index < -0.39 is 5.82 Å². The Hall–Kier alpha value is -2.99. The SMILES string of the molecule is Oc1cc(Cl)c(C2CC2)c(-c2ncc3c(N4C[C@H]5CC[C@@H]4CN5)nc(C#CC45CCCN4CCC5)nc3c2F)c1. The van der Waals surface area contributed by atoms with Crippen LogP contribution in [0.25, 0.3) is 22.2 Å². The Balaban J connectivity index is 1.31. The van der Waals surface area contributed by atoms with Crippen molar-refractivity contribution in [3.05, 3.63) is 40.6 Å². The van der Waals surface area contributed by atoms with Gasteiger partial charge in [-0.15, -0.1) is 0 Å². The van der Waals surface area contributed by atoms with E-state index in [-0.39, 0.29) is 34.5 Å². The number of halogens is 2. The Morgan fingerprint density at radius 1 is 1.10 bits per heavy atom. The number of piperidine rings is 2. The number of aromatic hydroxyl groups is 1. The molecule has 9 heteroatoms. The van der Waals surface area contributed by atoms with Gasteiger partial charge in [0.2, 0.25) is 5.82 Å². The number of nitrogens with zero attached hydrogens (tertiary/aromatic N) is 5. The second-order valence-electron chi connectivity index (χ2n) is 12.2. The number of hydrogen-bond acceptors (Lipinski definition) is 7. The number of phenols is 1. The van der Waals surface area contributed by atoms with E-state index in [1.165, 1.54) is 6.07 Å². The summed E-state index contributed by atoms with van der Waals surface area (Å²) in [4.78, 5) is 19.1. The summed E-state index contributed by atoms with van der Waals surface area (Å²) in [5.41, 5.74) is 1.66. The molecule has 3 aromatic rings. The molecule has 206 valence electrons. The van der Waals surface area contributed by atoms with Crippen LogP contribution in [0.2, 0.25) is 5.02 Å². The Morgan fingerprint density at radius 2 is 1.93 bits per heavy atom. The third kappa shape index (κ3) is 3.97. The molecule has 0 radical (unpaired) electrons. The third-order valence-corrected chi connectivity index (χ3v) is 10.0.